The first-order valence-corrected chi connectivity index (χ1v) is 8.84. The molecule has 1 aliphatic heterocycles. The monoisotopic (exact) mass is 398 g/mol. The fraction of sp³-hybridized carbons (Fsp3) is 0.438. The van der Waals surface area contributed by atoms with Gasteiger partial charge in [0.15, 0.2) is 5.82 Å². The van der Waals surface area contributed by atoms with Crippen molar-refractivity contribution in [3.63, 3.8) is 0 Å². The molecule has 0 saturated carbocycles. The molecule has 1 atom stereocenters. The number of β-amino-alcohol motifs (C(OH)–C–C–N with tert-alkyl or cyclic N) is 1. The molecule has 0 radical (unpaired) electrons. The van der Waals surface area contributed by atoms with Crippen LogP contribution in [-0.2, 0) is 4.74 Å². The minimum atomic E-state index is -0.490. The van der Waals surface area contributed by atoms with Crippen molar-refractivity contribution in [1.82, 2.24) is 20.1 Å². The van der Waals surface area contributed by atoms with Crippen LogP contribution in [0.2, 0.25) is 10.0 Å². The van der Waals surface area contributed by atoms with Gasteiger partial charge in [-0.05, 0) is 6.07 Å². The zero-order chi connectivity index (χ0) is 18.7. The first-order chi connectivity index (χ1) is 12.5. The summed E-state index contributed by atoms with van der Waals surface area (Å²) in [5, 5.41) is 21.9. The van der Waals surface area contributed by atoms with Crippen molar-refractivity contribution in [3.8, 4) is 11.3 Å². The summed E-state index contributed by atoms with van der Waals surface area (Å²) in [6.07, 6.45) is -0.490. The molecule has 10 heteroatoms. The maximum atomic E-state index is 9.72. The Hall–Kier alpha value is -1.71. The van der Waals surface area contributed by atoms with Crippen LogP contribution in [0.15, 0.2) is 18.2 Å². The van der Waals surface area contributed by atoms with Crippen LogP contribution in [0.4, 0.5) is 11.8 Å². The second-order valence-electron chi connectivity index (χ2n) is 6.14. The summed E-state index contributed by atoms with van der Waals surface area (Å²) >= 11 is 12.2. The highest BCUT2D eigenvalue weighted by Gasteiger charge is 2.29. The third-order valence-electron chi connectivity index (χ3n) is 4.04. The average molecular weight is 399 g/mol. The number of rotatable bonds is 7. The Labute approximate surface area is 161 Å². The number of hydrogen-bond acceptors (Lipinski definition) is 8. The van der Waals surface area contributed by atoms with E-state index in [-0.39, 0.29) is 11.9 Å². The minimum Gasteiger partial charge on any atom is -0.389 e. The number of aliphatic hydroxyl groups is 1. The van der Waals surface area contributed by atoms with Crippen LogP contribution in [0.25, 0.3) is 11.3 Å². The van der Waals surface area contributed by atoms with E-state index in [1.54, 1.807) is 25.3 Å². The van der Waals surface area contributed by atoms with Gasteiger partial charge in [-0.15, -0.1) is 10.2 Å². The SMILES string of the molecule is COCC(O)CN1CC(Nc2nnc(-c3cccc(Cl)c3Cl)c(N)n2)C1. The number of nitrogen functional groups attached to an aromatic ring is 1. The lowest BCUT2D eigenvalue weighted by molar-refractivity contribution is 0.0192. The third kappa shape index (κ3) is 4.33. The van der Waals surface area contributed by atoms with Crippen LogP contribution in [0.3, 0.4) is 0 Å². The van der Waals surface area contributed by atoms with Crippen molar-refractivity contribution in [3.05, 3.63) is 28.2 Å². The first kappa shape index (κ1) is 19.1. The molecule has 8 nitrogen and oxygen atoms in total. The van der Waals surface area contributed by atoms with Gasteiger partial charge in [-0.25, -0.2) is 0 Å². The van der Waals surface area contributed by atoms with Gasteiger partial charge in [0.1, 0.15) is 5.69 Å². The van der Waals surface area contributed by atoms with Gasteiger partial charge in [0.25, 0.3) is 0 Å². The first-order valence-electron chi connectivity index (χ1n) is 8.08. The molecule has 2 heterocycles. The van der Waals surface area contributed by atoms with E-state index in [9.17, 15) is 5.11 Å². The Morgan fingerprint density at radius 2 is 2.15 bits per heavy atom. The van der Waals surface area contributed by atoms with Gasteiger partial charge in [-0.1, -0.05) is 35.3 Å². The van der Waals surface area contributed by atoms with Gasteiger partial charge in [0, 0.05) is 32.3 Å². The number of nitrogens with zero attached hydrogens (tertiary/aromatic N) is 4. The van der Waals surface area contributed by atoms with E-state index in [0.717, 1.165) is 13.1 Å². The smallest absolute Gasteiger partial charge is 0.245 e. The van der Waals surface area contributed by atoms with Crippen molar-refractivity contribution in [2.45, 2.75) is 12.1 Å². The lowest BCUT2D eigenvalue weighted by Gasteiger charge is -2.40. The van der Waals surface area contributed by atoms with Crippen molar-refractivity contribution >= 4 is 35.0 Å². The zero-order valence-corrected chi connectivity index (χ0v) is 15.7. The fourth-order valence-electron chi connectivity index (χ4n) is 2.81. The van der Waals surface area contributed by atoms with E-state index in [1.165, 1.54) is 0 Å². The Bertz CT molecular complexity index is 772. The number of ether oxygens (including phenoxy) is 1. The molecule has 1 aromatic heterocycles. The van der Waals surface area contributed by atoms with Gasteiger partial charge >= 0.3 is 0 Å². The molecule has 0 spiro atoms. The molecule has 4 N–H and O–H groups in total. The van der Waals surface area contributed by atoms with Crippen molar-refractivity contribution in [2.24, 2.45) is 0 Å². The summed E-state index contributed by atoms with van der Waals surface area (Å²) in [4.78, 5) is 6.37. The molecule has 1 aromatic carbocycles. The van der Waals surface area contributed by atoms with Gasteiger partial charge < -0.3 is 20.9 Å². The number of benzene rings is 1. The normalized spacial score (nSPS) is 16.3. The van der Waals surface area contributed by atoms with E-state index < -0.39 is 6.10 Å². The molecule has 140 valence electrons. The van der Waals surface area contributed by atoms with E-state index in [2.05, 4.69) is 25.4 Å². The number of likely N-dealkylation sites (tertiary alicyclic amines) is 1. The number of halogens is 2. The van der Waals surface area contributed by atoms with Gasteiger partial charge in [0.2, 0.25) is 5.95 Å². The summed E-state index contributed by atoms with van der Waals surface area (Å²) < 4.78 is 4.92. The molecule has 1 fully saturated rings. The number of aromatic nitrogens is 3. The summed E-state index contributed by atoms with van der Waals surface area (Å²) in [6.45, 7) is 2.43. The summed E-state index contributed by atoms with van der Waals surface area (Å²) in [6, 6.07) is 5.38. The molecule has 2 aromatic rings. The molecule has 26 heavy (non-hydrogen) atoms. The van der Waals surface area contributed by atoms with Crippen molar-refractivity contribution in [2.75, 3.05) is 44.4 Å². The molecule has 0 aliphatic carbocycles. The van der Waals surface area contributed by atoms with E-state index in [0.29, 0.717) is 40.4 Å². The largest absolute Gasteiger partial charge is 0.389 e. The fourth-order valence-corrected chi connectivity index (χ4v) is 3.20. The van der Waals surface area contributed by atoms with Gasteiger partial charge in [-0.3, -0.25) is 4.90 Å². The highest BCUT2D eigenvalue weighted by molar-refractivity contribution is 6.43. The Morgan fingerprint density at radius 3 is 2.85 bits per heavy atom. The number of anilines is 2. The number of aliphatic hydroxyl groups excluding tert-OH is 1. The molecule has 0 bridgehead atoms. The van der Waals surface area contributed by atoms with Crippen LogP contribution >= 0.6 is 23.2 Å². The highest BCUT2D eigenvalue weighted by atomic mass is 35.5. The second-order valence-corrected chi connectivity index (χ2v) is 6.92. The minimum absolute atomic E-state index is 0.173. The maximum absolute atomic E-state index is 9.72. The third-order valence-corrected chi connectivity index (χ3v) is 4.86. The molecule has 1 saturated heterocycles. The predicted octanol–water partition coefficient (Wildman–Crippen LogP) is 1.53. The van der Waals surface area contributed by atoms with Crippen molar-refractivity contribution in [1.29, 1.82) is 0 Å². The molecular formula is C16H20Cl2N6O2. The number of methoxy groups -OCH3 is 1. The number of nitrogens with two attached hydrogens (primary N) is 1. The van der Waals surface area contributed by atoms with Crippen LogP contribution in [0.1, 0.15) is 0 Å². The van der Waals surface area contributed by atoms with Crippen LogP contribution in [0.5, 0.6) is 0 Å². The Kier molecular flexibility index (Phi) is 6.10. The average Bonchev–Trinajstić information content (AvgIpc) is 2.56. The molecule has 0 amide bonds. The molecule has 3 rings (SSSR count). The van der Waals surface area contributed by atoms with Crippen molar-refractivity contribution < 1.29 is 9.84 Å². The predicted molar refractivity (Wildman–Crippen MR) is 101 cm³/mol. The van der Waals surface area contributed by atoms with Crippen LogP contribution < -0.4 is 11.1 Å². The van der Waals surface area contributed by atoms with Gasteiger partial charge in [-0.2, -0.15) is 4.98 Å². The van der Waals surface area contributed by atoms with E-state index in [4.69, 9.17) is 33.7 Å². The standard InChI is InChI=1S/C16H20Cl2N6O2/c1-26-8-10(25)7-24-5-9(6-24)20-16-21-15(19)14(22-23-16)11-3-2-4-12(17)13(11)18/h2-4,9-10,25H,5-8H2,1H3,(H3,19,20,21,23). The van der Waals surface area contributed by atoms with Gasteiger partial charge in [0.05, 0.1) is 28.8 Å². The summed E-state index contributed by atoms with van der Waals surface area (Å²) in [5.74, 6) is 0.574. The Morgan fingerprint density at radius 1 is 1.38 bits per heavy atom. The van der Waals surface area contributed by atoms with E-state index >= 15 is 0 Å². The number of nitrogens with one attached hydrogen (secondary N) is 1. The quantitative estimate of drug-likeness (QED) is 0.643. The molecule has 1 aliphatic rings. The lowest BCUT2D eigenvalue weighted by atomic mass is 10.1. The maximum Gasteiger partial charge on any atom is 0.245 e. The number of hydrogen-bond donors (Lipinski definition) is 3. The van der Waals surface area contributed by atoms with Crippen LogP contribution in [0, 0.1) is 0 Å². The van der Waals surface area contributed by atoms with Crippen LogP contribution in [-0.4, -0.2) is 70.7 Å². The molecule has 1 unspecified atom stereocenters. The Balaban J connectivity index is 1.60. The zero-order valence-electron chi connectivity index (χ0n) is 14.2. The highest BCUT2D eigenvalue weighted by Crippen LogP contribution is 2.34. The second kappa shape index (κ2) is 8.32. The topological polar surface area (TPSA) is 109 Å². The molecular weight excluding hydrogens is 379 g/mol. The summed E-state index contributed by atoms with van der Waals surface area (Å²) in [5.41, 5.74) is 7.00. The lowest BCUT2D eigenvalue weighted by Crippen LogP contribution is -2.57. The summed E-state index contributed by atoms with van der Waals surface area (Å²) in [7, 11) is 1.57. The van der Waals surface area contributed by atoms with E-state index in [1.807, 2.05) is 0 Å².